The molecule has 0 aliphatic rings. The first-order valence-corrected chi connectivity index (χ1v) is 6.85. The van der Waals surface area contributed by atoms with Crippen molar-refractivity contribution in [2.24, 2.45) is 0 Å². The van der Waals surface area contributed by atoms with E-state index in [0.717, 1.165) is 5.56 Å². The summed E-state index contributed by atoms with van der Waals surface area (Å²) in [5.74, 6) is 0.147. The molecule has 0 spiro atoms. The van der Waals surface area contributed by atoms with Crippen LogP contribution in [0.5, 0.6) is 5.75 Å². The van der Waals surface area contributed by atoms with Crippen LogP contribution in [0.4, 0.5) is 4.39 Å². The smallest absolute Gasteiger partial charge is 0.129 e. The standard InChI is InChI=1S/C17H20FNO2/c1-13-8-9-15(10-16(13)18)21-12-17(11-20,19-2)14-6-4-3-5-7-14/h3-10,19-20H,11-12H2,1-2H3. The lowest BCUT2D eigenvalue weighted by Crippen LogP contribution is -2.48. The molecule has 0 amide bonds. The summed E-state index contributed by atoms with van der Waals surface area (Å²) < 4.78 is 19.2. The first-order valence-electron chi connectivity index (χ1n) is 6.85. The highest BCUT2D eigenvalue weighted by Crippen LogP contribution is 2.23. The third-order valence-corrected chi connectivity index (χ3v) is 3.70. The van der Waals surface area contributed by atoms with Crippen molar-refractivity contribution in [2.45, 2.75) is 12.5 Å². The average molecular weight is 289 g/mol. The molecule has 21 heavy (non-hydrogen) atoms. The zero-order chi connectivity index (χ0) is 15.3. The van der Waals surface area contributed by atoms with E-state index in [1.165, 1.54) is 6.07 Å². The Kier molecular flexibility index (Phi) is 4.94. The highest BCUT2D eigenvalue weighted by atomic mass is 19.1. The van der Waals surface area contributed by atoms with Crippen molar-refractivity contribution in [3.05, 3.63) is 65.5 Å². The molecular weight excluding hydrogens is 269 g/mol. The number of aryl methyl sites for hydroxylation is 1. The number of aliphatic hydroxyl groups is 1. The number of likely N-dealkylation sites (N-methyl/N-ethyl adjacent to an activating group) is 1. The molecule has 2 rings (SSSR count). The third kappa shape index (κ3) is 3.40. The second-order valence-corrected chi connectivity index (χ2v) is 5.06. The molecule has 1 atom stereocenters. The van der Waals surface area contributed by atoms with Gasteiger partial charge < -0.3 is 15.2 Å². The van der Waals surface area contributed by atoms with Crippen LogP contribution >= 0.6 is 0 Å². The topological polar surface area (TPSA) is 41.5 Å². The van der Waals surface area contributed by atoms with Crippen LogP contribution < -0.4 is 10.1 Å². The van der Waals surface area contributed by atoms with E-state index in [-0.39, 0.29) is 19.0 Å². The van der Waals surface area contributed by atoms with E-state index in [1.54, 1.807) is 26.1 Å². The van der Waals surface area contributed by atoms with Gasteiger partial charge in [0.25, 0.3) is 0 Å². The van der Waals surface area contributed by atoms with Gasteiger partial charge in [0.05, 0.1) is 6.61 Å². The van der Waals surface area contributed by atoms with Crippen LogP contribution in [-0.4, -0.2) is 25.4 Å². The molecule has 2 N–H and O–H groups in total. The molecule has 112 valence electrons. The molecule has 0 saturated heterocycles. The van der Waals surface area contributed by atoms with Crippen molar-refractivity contribution < 1.29 is 14.2 Å². The molecule has 0 saturated carbocycles. The van der Waals surface area contributed by atoms with E-state index in [4.69, 9.17) is 4.74 Å². The first kappa shape index (κ1) is 15.5. The Hall–Kier alpha value is -1.91. The van der Waals surface area contributed by atoms with Crippen LogP contribution in [0, 0.1) is 12.7 Å². The van der Waals surface area contributed by atoms with Gasteiger partial charge in [0.2, 0.25) is 0 Å². The number of ether oxygens (including phenoxy) is 1. The number of hydrogen-bond donors (Lipinski definition) is 2. The Labute approximate surface area is 124 Å². The van der Waals surface area contributed by atoms with Gasteiger partial charge in [-0.2, -0.15) is 0 Å². The van der Waals surface area contributed by atoms with Gasteiger partial charge in [0, 0.05) is 6.07 Å². The summed E-state index contributed by atoms with van der Waals surface area (Å²) in [6.45, 7) is 1.78. The highest BCUT2D eigenvalue weighted by molar-refractivity contribution is 5.29. The predicted octanol–water partition coefficient (Wildman–Crippen LogP) is 2.62. The van der Waals surface area contributed by atoms with Crippen LogP contribution in [0.15, 0.2) is 48.5 Å². The first-order chi connectivity index (χ1) is 10.1. The van der Waals surface area contributed by atoms with Gasteiger partial charge in [-0.3, -0.25) is 0 Å². The number of nitrogens with one attached hydrogen (secondary N) is 1. The highest BCUT2D eigenvalue weighted by Gasteiger charge is 2.30. The van der Waals surface area contributed by atoms with Gasteiger partial charge in [-0.15, -0.1) is 0 Å². The second-order valence-electron chi connectivity index (χ2n) is 5.06. The average Bonchev–Trinajstić information content (AvgIpc) is 2.53. The SMILES string of the molecule is CNC(CO)(COc1ccc(C)c(F)c1)c1ccccc1. The number of halogens is 1. The summed E-state index contributed by atoms with van der Waals surface area (Å²) in [4.78, 5) is 0. The fraction of sp³-hybridized carbons (Fsp3) is 0.294. The third-order valence-electron chi connectivity index (χ3n) is 3.70. The van der Waals surface area contributed by atoms with Crippen LogP contribution in [0.3, 0.4) is 0 Å². The van der Waals surface area contributed by atoms with E-state index < -0.39 is 5.54 Å². The molecule has 0 aliphatic carbocycles. The molecule has 0 aromatic heterocycles. The lowest BCUT2D eigenvalue weighted by molar-refractivity contribution is 0.108. The maximum absolute atomic E-state index is 13.5. The quantitative estimate of drug-likeness (QED) is 0.859. The van der Waals surface area contributed by atoms with Gasteiger partial charge >= 0.3 is 0 Å². The number of benzene rings is 2. The molecule has 2 aromatic carbocycles. The molecule has 0 bridgehead atoms. The van der Waals surface area contributed by atoms with Crippen LogP contribution in [0.25, 0.3) is 0 Å². The Balaban J connectivity index is 2.19. The summed E-state index contributed by atoms with van der Waals surface area (Å²) in [6, 6.07) is 14.3. The second kappa shape index (κ2) is 6.70. The molecule has 0 fully saturated rings. The maximum Gasteiger partial charge on any atom is 0.129 e. The largest absolute Gasteiger partial charge is 0.491 e. The Morgan fingerprint density at radius 1 is 1.19 bits per heavy atom. The summed E-state index contributed by atoms with van der Waals surface area (Å²) in [7, 11) is 1.77. The normalized spacial score (nSPS) is 13.7. The fourth-order valence-corrected chi connectivity index (χ4v) is 2.14. The van der Waals surface area contributed by atoms with Crippen molar-refractivity contribution in [1.29, 1.82) is 0 Å². The fourth-order valence-electron chi connectivity index (χ4n) is 2.14. The molecule has 4 heteroatoms. The maximum atomic E-state index is 13.5. The van der Waals surface area contributed by atoms with Gasteiger partial charge in [-0.1, -0.05) is 36.4 Å². The van der Waals surface area contributed by atoms with Crippen molar-refractivity contribution in [3.63, 3.8) is 0 Å². The van der Waals surface area contributed by atoms with Gasteiger partial charge in [-0.05, 0) is 31.2 Å². The predicted molar refractivity (Wildman–Crippen MR) is 80.9 cm³/mol. The molecule has 1 unspecified atom stereocenters. The Bertz CT molecular complexity index is 583. The summed E-state index contributed by atoms with van der Waals surface area (Å²) >= 11 is 0. The van der Waals surface area contributed by atoms with Crippen molar-refractivity contribution >= 4 is 0 Å². The zero-order valence-corrected chi connectivity index (χ0v) is 12.3. The number of hydrogen-bond acceptors (Lipinski definition) is 3. The monoisotopic (exact) mass is 289 g/mol. The van der Waals surface area contributed by atoms with Gasteiger partial charge in [-0.25, -0.2) is 4.39 Å². The molecule has 0 aliphatic heterocycles. The van der Waals surface area contributed by atoms with E-state index in [0.29, 0.717) is 11.3 Å². The summed E-state index contributed by atoms with van der Waals surface area (Å²) in [6.07, 6.45) is 0. The van der Waals surface area contributed by atoms with E-state index in [2.05, 4.69) is 5.32 Å². The van der Waals surface area contributed by atoms with E-state index >= 15 is 0 Å². The van der Waals surface area contributed by atoms with Crippen LogP contribution in [0.1, 0.15) is 11.1 Å². The molecule has 3 nitrogen and oxygen atoms in total. The van der Waals surface area contributed by atoms with Gasteiger partial charge in [0.15, 0.2) is 0 Å². The number of rotatable bonds is 6. The van der Waals surface area contributed by atoms with Gasteiger partial charge in [0.1, 0.15) is 23.7 Å². The minimum atomic E-state index is -0.720. The van der Waals surface area contributed by atoms with Crippen molar-refractivity contribution in [2.75, 3.05) is 20.3 Å². The summed E-state index contributed by atoms with van der Waals surface area (Å²) in [5, 5.41) is 12.9. The van der Waals surface area contributed by atoms with Crippen LogP contribution in [0.2, 0.25) is 0 Å². The number of aliphatic hydroxyl groups excluding tert-OH is 1. The minimum Gasteiger partial charge on any atom is -0.491 e. The lowest BCUT2D eigenvalue weighted by atomic mass is 9.92. The Morgan fingerprint density at radius 2 is 1.90 bits per heavy atom. The minimum absolute atomic E-state index is 0.123. The molecular formula is C17H20FNO2. The molecule has 2 aromatic rings. The van der Waals surface area contributed by atoms with E-state index in [1.807, 2.05) is 30.3 Å². The van der Waals surface area contributed by atoms with Crippen LogP contribution in [-0.2, 0) is 5.54 Å². The Morgan fingerprint density at radius 3 is 2.48 bits per heavy atom. The summed E-state index contributed by atoms with van der Waals surface area (Å²) in [5.41, 5.74) is 0.776. The molecule has 0 radical (unpaired) electrons. The molecule has 0 heterocycles. The van der Waals surface area contributed by atoms with E-state index in [9.17, 15) is 9.50 Å². The van der Waals surface area contributed by atoms with Crippen molar-refractivity contribution in [1.82, 2.24) is 5.32 Å². The zero-order valence-electron chi connectivity index (χ0n) is 12.3. The lowest BCUT2D eigenvalue weighted by Gasteiger charge is -2.32. The van der Waals surface area contributed by atoms with Crippen molar-refractivity contribution in [3.8, 4) is 5.75 Å².